The van der Waals surface area contributed by atoms with Gasteiger partial charge in [0.1, 0.15) is 12.4 Å². The molecule has 1 saturated carbocycles. The van der Waals surface area contributed by atoms with Gasteiger partial charge in [0, 0.05) is 12.1 Å². The Kier molecular flexibility index (Phi) is 5.65. The van der Waals surface area contributed by atoms with E-state index in [1.54, 1.807) is 24.3 Å². The maximum absolute atomic E-state index is 12.8. The highest BCUT2D eigenvalue weighted by Gasteiger charge is 2.59. The highest BCUT2D eigenvalue weighted by Crippen LogP contribution is 2.52. The Morgan fingerprint density at radius 2 is 1.64 bits per heavy atom. The van der Waals surface area contributed by atoms with E-state index in [9.17, 15) is 19.7 Å². The number of carbonyl (C=O) groups is 2. The molecule has 0 radical (unpaired) electrons. The smallest absolute Gasteiger partial charge is 0.269 e. The third kappa shape index (κ3) is 3.91. The van der Waals surface area contributed by atoms with Crippen molar-refractivity contribution in [1.82, 2.24) is 5.01 Å². The van der Waals surface area contributed by atoms with E-state index in [0.29, 0.717) is 20.3 Å². The van der Waals surface area contributed by atoms with Gasteiger partial charge in [-0.15, -0.1) is 0 Å². The fraction of sp³-hybridized carbons (Fsp3) is 0.261. The summed E-state index contributed by atoms with van der Waals surface area (Å²) in [4.78, 5) is 35.8. The number of allylic oxidation sites excluding steroid dienone is 2. The number of nitrogens with zero attached hydrogens (tertiary/aromatic N) is 3. The summed E-state index contributed by atoms with van der Waals surface area (Å²) in [6.07, 6.45) is 6.47. The second kappa shape index (κ2) is 8.49. The largest absolute Gasteiger partial charge is 0.487 e. The van der Waals surface area contributed by atoms with Crippen LogP contribution in [-0.2, 0) is 16.2 Å². The van der Waals surface area contributed by atoms with Crippen LogP contribution in [0.2, 0.25) is 0 Å². The monoisotopic (exact) mass is 573 g/mol. The van der Waals surface area contributed by atoms with E-state index in [0.717, 1.165) is 17.0 Å². The molecular weight excluding hydrogens is 558 g/mol. The topological polar surface area (TPSA) is 102 Å². The SMILES string of the molecule is O=C1[C@@H]2[C@H](C(=O)N1N=Cc1cc(Br)c(OCc3ccc([N+](=O)[O-])cc3)c(Br)c1)[C@H]1C=C[C@H]2C1. The number of hydrazone groups is 1. The minimum Gasteiger partial charge on any atom is -0.487 e. The summed E-state index contributed by atoms with van der Waals surface area (Å²) in [6.45, 7) is 0.221. The molecule has 33 heavy (non-hydrogen) atoms. The number of benzene rings is 2. The van der Waals surface area contributed by atoms with Crippen molar-refractivity contribution in [3.63, 3.8) is 0 Å². The van der Waals surface area contributed by atoms with Crippen LogP contribution in [0.3, 0.4) is 0 Å². The van der Waals surface area contributed by atoms with Crippen LogP contribution in [0.15, 0.2) is 62.6 Å². The van der Waals surface area contributed by atoms with Crippen LogP contribution in [0.1, 0.15) is 17.5 Å². The lowest BCUT2D eigenvalue weighted by Gasteiger charge is -2.13. The predicted molar refractivity (Wildman–Crippen MR) is 126 cm³/mol. The van der Waals surface area contributed by atoms with Crippen molar-refractivity contribution >= 4 is 55.6 Å². The lowest BCUT2D eigenvalue weighted by molar-refractivity contribution is -0.384. The molecule has 2 aliphatic carbocycles. The number of fused-ring (bicyclic) bond motifs is 5. The van der Waals surface area contributed by atoms with Gasteiger partial charge < -0.3 is 4.74 Å². The molecule has 1 saturated heterocycles. The second-order valence-electron chi connectivity index (χ2n) is 8.26. The van der Waals surface area contributed by atoms with Crippen molar-refractivity contribution in [3.8, 4) is 5.75 Å². The molecule has 8 nitrogen and oxygen atoms in total. The third-order valence-electron chi connectivity index (χ3n) is 6.32. The van der Waals surface area contributed by atoms with Crippen LogP contribution in [0.25, 0.3) is 0 Å². The molecule has 5 rings (SSSR count). The molecule has 2 fully saturated rings. The molecule has 10 heteroatoms. The molecule has 0 aromatic heterocycles. The standard InChI is InChI=1S/C23H17Br2N3O5/c24-17-7-13(8-18(25)21(17)33-11-12-1-5-16(6-2-12)28(31)32)10-26-27-22(29)19-14-3-4-15(9-14)20(19)23(27)30/h1-8,10,14-15,19-20H,9,11H2/t14-,15-,19-,20+/m0/s1. The number of nitro benzene ring substituents is 1. The Hall–Kier alpha value is -2.85. The van der Waals surface area contributed by atoms with Crippen molar-refractivity contribution in [2.75, 3.05) is 0 Å². The summed E-state index contributed by atoms with van der Waals surface area (Å²) in [6, 6.07) is 9.69. The average molecular weight is 575 g/mol. The Balaban J connectivity index is 1.28. The Morgan fingerprint density at radius 1 is 1.06 bits per heavy atom. The number of imide groups is 1. The van der Waals surface area contributed by atoms with Crippen LogP contribution < -0.4 is 4.74 Å². The first-order valence-electron chi connectivity index (χ1n) is 10.3. The first-order chi connectivity index (χ1) is 15.8. The van der Waals surface area contributed by atoms with Crippen molar-refractivity contribution in [3.05, 3.63) is 78.7 Å². The lowest BCUT2D eigenvalue weighted by Crippen LogP contribution is -2.28. The van der Waals surface area contributed by atoms with E-state index in [4.69, 9.17) is 4.74 Å². The van der Waals surface area contributed by atoms with Crippen molar-refractivity contribution < 1.29 is 19.2 Å². The zero-order valence-corrected chi connectivity index (χ0v) is 20.2. The van der Waals surface area contributed by atoms with Crippen LogP contribution >= 0.6 is 31.9 Å². The zero-order chi connectivity index (χ0) is 23.3. The summed E-state index contributed by atoms with van der Waals surface area (Å²) in [5.41, 5.74) is 1.48. The molecule has 4 atom stereocenters. The Morgan fingerprint density at radius 3 is 2.18 bits per heavy atom. The highest BCUT2D eigenvalue weighted by molar-refractivity contribution is 9.11. The fourth-order valence-corrected chi connectivity index (χ4v) is 6.24. The lowest BCUT2D eigenvalue weighted by atomic mass is 9.85. The molecule has 168 valence electrons. The summed E-state index contributed by atoms with van der Waals surface area (Å²) in [7, 11) is 0. The Bertz CT molecular complexity index is 1170. The molecule has 0 unspecified atom stereocenters. The van der Waals surface area contributed by atoms with E-state index in [1.807, 2.05) is 12.2 Å². The van der Waals surface area contributed by atoms with Crippen LogP contribution in [0, 0.1) is 33.8 Å². The van der Waals surface area contributed by atoms with Crippen LogP contribution in [-0.4, -0.2) is 28.0 Å². The summed E-state index contributed by atoms with van der Waals surface area (Å²) < 4.78 is 7.17. The van der Waals surface area contributed by atoms with E-state index in [1.165, 1.54) is 18.3 Å². The second-order valence-corrected chi connectivity index (χ2v) is 9.97. The van der Waals surface area contributed by atoms with Crippen LogP contribution in [0.5, 0.6) is 5.75 Å². The molecule has 3 aliphatic rings. The van der Waals surface area contributed by atoms with Gasteiger partial charge in [-0.3, -0.25) is 19.7 Å². The number of halogens is 2. The van der Waals surface area contributed by atoms with E-state index in [2.05, 4.69) is 37.0 Å². The first kappa shape index (κ1) is 22.0. The molecular formula is C23H17Br2N3O5. The predicted octanol–water partition coefficient (Wildman–Crippen LogP) is 4.84. The summed E-state index contributed by atoms with van der Waals surface area (Å²) >= 11 is 6.96. The first-order valence-corrected chi connectivity index (χ1v) is 11.9. The highest BCUT2D eigenvalue weighted by atomic mass is 79.9. The number of hydrogen-bond donors (Lipinski definition) is 0. The normalized spacial score (nSPS) is 25.3. The van der Waals surface area contributed by atoms with E-state index in [-0.39, 0.29) is 47.8 Å². The van der Waals surface area contributed by atoms with Gasteiger partial charge in [0.15, 0.2) is 0 Å². The van der Waals surface area contributed by atoms with Gasteiger partial charge in [-0.25, -0.2) is 0 Å². The third-order valence-corrected chi connectivity index (χ3v) is 7.50. The molecule has 0 spiro atoms. The van der Waals surface area contributed by atoms with Crippen LogP contribution in [0.4, 0.5) is 5.69 Å². The number of amides is 2. The molecule has 2 aromatic rings. The van der Waals surface area contributed by atoms with Gasteiger partial charge in [-0.2, -0.15) is 10.1 Å². The number of rotatable bonds is 6. The zero-order valence-electron chi connectivity index (χ0n) is 17.1. The van der Waals surface area contributed by atoms with Gasteiger partial charge in [0.05, 0.1) is 31.9 Å². The minimum atomic E-state index is -0.450. The molecule has 1 heterocycles. The van der Waals surface area contributed by atoms with Gasteiger partial charge in [-0.1, -0.05) is 12.2 Å². The molecule has 1 aliphatic heterocycles. The van der Waals surface area contributed by atoms with E-state index < -0.39 is 4.92 Å². The number of nitro groups is 1. The molecule has 2 amide bonds. The minimum absolute atomic E-state index is 0.0206. The Labute approximate surface area is 205 Å². The van der Waals surface area contributed by atoms with Crippen molar-refractivity contribution in [2.45, 2.75) is 13.0 Å². The average Bonchev–Trinajstić information content (AvgIpc) is 3.46. The quantitative estimate of drug-likeness (QED) is 0.161. The summed E-state index contributed by atoms with van der Waals surface area (Å²) in [5.74, 6) is -0.162. The number of carbonyl (C=O) groups excluding carboxylic acids is 2. The van der Waals surface area contributed by atoms with Gasteiger partial charge in [0.2, 0.25) is 0 Å². The maximum Gasteiger partial charge on any atom is 0.269 e. The molecule has 0 N–H and O–H groups in total. The van der Waals surface area contributed by atoms with Gasteiger partial charge in [0.25, 0.3) is 17.5 Å². The van der Waals surface area contributed by atoms with E-state index >= 15 is 0 Å². The van der Waals surface area contributed by atoms with Crippen molar-refractivity contribution in [2.24, 2.45) is 28.8 Å². The number of ether oxygens (including phenoxy) is 1. The molecule has 2 bridgehead atoms. The van der Waals surface area contributed by atoms with Crippen molar-refractivity contribution in [1.29, 1.82) is 0 Å². The van der Waals surface area contributed by atoms with Gasteiger partial charge in [-0.05, 0) is 85.5 Å². The number of non-ortho nitro benzene ring substituents is 1. The summed E-state index contributed by atoms with van der Waals surface area (Å²) in [5, 5.41) is 16.0. The fourth-order valence-electron chi connectivity index (χ4n) is 4.79. The maximum atomic E-state index is 12.8. The van der Waals surface area contributed by atoms with Gasteiger partial charge >= 0.3 is 0 Å². The number of hydrogen-bond acceptors (Lipinski definition) is 6. The molecule has 2 aromatic carbocycles.